The molecule has 0 spiro atoms. The van der Waals surface area contributed by atoms with E-state index in [1.54, 1.807) is 38.4 Å². The molecular weight excluding hydrogens is 356 g/mol. The molecule has 0 bridgehead atoms. The molecule has 2 N–H and O–H groups in total. The molecule has 1 heterocycles. The van der Waals surface area contributed by atoms with Crippen molar-refractivity contribution in [3.63, 3.8) is 0 Å². The summed E-state index contributed by atoms with van der Waals surface area (Å²) < 4.78 is 37.4. The molecule has 0 fully saturated rings. The minimum Gasteiger partial charge on any atom is -0.490 e. The van der Waals surface area contributed by atoms with Gasteiger partial charge in [-0.3, -0.25) is 9.67 Å². The summed E-state index contributed by atoms with van der Waals surface area (Å²) in [6.45, 7) is 2.72. The fourth-order valence-electron chi connectivity index (χ4n) is 2.47. The molecule has 0 radical (unpaired) electrons. The van der Waals surface area contributed by atoms with Crippen LogP contribution in [0.4, 0.5) is 8.78 Å². The summed E-state index contributed by atoms with van der Waals surface area (Å²) in [5, 5.41) is 10.5. The number of aliphatic imine (C=N–C) groups is 1. The molecule has 1 aromatic carbocycles. The highest BCUT2D eigenvalue weighted by Crippen LogP contribution is 2.32. The number of rotatable bonds is 9. The molecule has 7 nitrogen and oxygen atoms in total. The van der Waals surface area contributed by atoms with Gasteiger partial charge in [0.2, 0.25) is 0 Å². The molecular formula is C18H25F2N5O2. The van der Waals surface area contributed by atoms with Crippen molar-refractivity contribution in [2.24, 2.45) is 4.99 Å². The first-order valence-electron chi connectivity index (χ1n) is 8.66. The maximum atomic E-state index is 12.8. The Hall–Kier alpha value is -2.84. The Bertz CT molecular complexity index is 749. The first kappa shape index (κ1) is 20.5. The van der Waals surface area contributed by atoms with Crippen LogP contribution in [0, 0.1) is 6.92 Å². The second kappa shape index (κ2) is 10.3. The summed E-state index contributed by atoms with van der Waals surface area (Å²) in [6, 6.07) is 5.04. The number of aryl methyl sites for hydroxylation is 1. The summed E-state index contributed by atoms with van der Waals surface area (Å²) >= 11 is 0. The van der Waals surface area contributed by atoms with Crippen molar-refractivity contribution >= 4 is 5.96 Å². The predicted molar refractivity (Wildman–Crippen MR) is 99.4 cm³/mol. The Kier molecular flexibility index (Phi) is 7.84. The van der Waals surface area contributed by atoms with Crippen molar-refractivity contribution < 1.29 is 18.3 Å². The van der Waals surface area contributed by atoms with Crippen molar-refractivity contribution in [2.45, 2.75) is 33.5 Å². The third-order valence-electron chi connectivity index (χ3n) is 3.63. The lowest BCUT2D eigenvalue weighted by atomic mass is 10.2. The first-order valence-corrected chi connectivity index (χ1v) is 8.66. The molecule has 0 atom stereocenters. The molecule has 148 valence electrons. The second-order valence-electron chi connectivity index (χ2n) is 5.69. The van der Waals surface area contributed by atoms with E-state index in [0.29, 0.717) is 31.2 Å². The smallest absolute Gasteiger partial charge is 0.387 e. The number of alkyl halides is 2. The lowest BCUT2D eigenvalue weighted by molar-refractivity contribution is -0.0520. The standard InChI is InChI=1S/C18H25F2N5O2/c1-4-26-15-7-5-6-14(16(15)27-17(19)20)11-23-18(21-3)22-8-9-25-12-13(2)10-24-25/h5-7,10,12,17H,4,8-9,11H2,1-3H3,(H2,21,22,23). The van der Waals surface area contributed by atoms with Crippen molar-refractivity contribution in [3.05, 3.63) is 41.7 Å². The van der Waals surface area contributed by atoms with E-state index in [9.17, 15) is 8.78 Å². The van der Waals surface area contributed by atoms with Gasteiger partial charge in [-0.15, -0.1) is 0 Å². The molecule has 0 aliphatic carbocycles. The predicted octanol–water partition coefficient (Wildman–Crippen LogP) is 2.56. The summed E-state index contributed by atoms with van der Waals surface area (Å²) in [6.07, 6.45) is 3.74. The van der Waals surface area contributed by atoms with E-state index in [0.717, 1.165) is 5.56 Å². The molecule has 2 aromatic rings. The van der Waals surface area contributed by atoms with Gasteiger partial charge in [-0.05, 0) is 25.5 Å². The molecule has 9 heteroatoms. The molecule has 0 saturated carbocycles. The highest BCUT2D eigenvalue weighted by Gasteiger charge is 2.16. The van der Waals surface area contributed by atoms with Crippen molar-refractivity contribution in [1.82, 2.24) is 20.4 Å². The average Bonchev–Trinajstić information content (AvgIpc) is 3.05. The summed E-state index contributed by atoms with van der Waals surface area (Å²) in [5.74, 6) is 0.863. The van der Waals surface area contributed by atoms with Crippen LogP contribution in [0.25, 0.3) is 0 Å². The van der Waals surface area contributed by atoms with E-state index in [2.05, 4.69) is 25.5 Å². The summed E-state index contributed by atoms with van der Waals surface area (Å²) in [5.41, 5.74) is 1.64. The van der Waals surface area contributed by atoms with Gasteiger partial charge in [-0.1, -0.05) is 12.1 Å². The van der Waals surface area contributed by atoms with Gasteiger partial charge < -0.3 is 20.1 Å². The Balaban J connectivity index is 1.95. The number of hydrogen-bond donors (Lipinski definition) is 2. The van der Waals surface area contributed by atoms with E-state index in [1.165, 1.54) is 0 Å². The molecule has 0 unspecified atom stereocenters. The van der Waals surface area contributed by atoms with Crippen LogP contribution >= 0.6 is 0 Å². The topological polar surface area (TPSA) is 72.7 Å². The number of para-hydroxylation sites is 1. The maximum absolute atomic E-state index is 12.8. The zero-order chi connectivity index (χ0) is 19.6. The normalized spacial score (nSPS) is 11.6. The number of aromatic nitrogens is 2. The minimum absolute atomic E-state index is 0.0318. The SMILES string of the molecule is CCOc1cccc(CNC(=NC)NCCn2cc(C)cn2)c1OC(F)F. The zero-order valence-corrected chi connectivity index (χ0v) is 15.7. The molecule has 1 aromatic heterocycles. The number of halogens is 2. The van der Waals surface area contributed by atoms with E-state index in [-0.39, 0.29) is 18.0 Å². The van der Waals surface area contributed by atoms with Crippen molar-refractivity contribution in [2.75, 3.05) is 20.2 Å². The summed E-state index contributed by atoms with van der Waals surface area (Å²) in [7, 11) is 1.64. The molecule has 0 aliphatic heterocycles. The van der Waals surface area contributed by atoms with E-state index in [1.807, 2.05) is 17.8 Å². The average molecular weight is 381 g/mol. The molecule has 0 saturated heterocycles. The lowest BCUT2D eigenvalue weighted by Gasteiger charge is -2.17. The highest BCUT2D eigenvalue weighted by molar-refractivity contribution is 5.79. The van der Waals surface area contributed by atoms with Gasteiger partial charge in [0.15, 0.2) is 17.5 Å². The van der Waals surface area contributed by atoms with Crippen LogP contribution in [0.1, 0.15) is 18.1 Å². The van der Waals surface area contributed by atoms with E-state index < -0.39 is 6.61 Å². The van der Waals surface area contributed by atoms with Crippen LogP contribution in [0.2, 0.25) is 0 Å². The van der Waals surface area contributed by atoms with Gasteiger partial charge in [0.05, 0.1) is 19.3 Å². The molecule has 2 rings (SSSR count). The number of nitrogens with one attached hydrogen (secondary N) is 2. The minimum atomic E-state index is -2.93. The van der Waals surface area contributed by atoms with Crippen molar-refractivity contribution in [3.8, 4) is 11.5 Å². The third kappa shape index (κ3) is 6.43. The first-order chi connectivity index (χ1) is 13.0. The van der Waals surface area contributed by atoms with E-state index >= 15 is 0 Å². The fourth-order valence-corrected chi connectivity index (χ4v) is 2.47. The van der Waals surface area contributed by atoms with Crippen LogP contribution in [0.15, 0.2) is 35.6 Å². The number of benzene rings is 1. The second-order valence-corrected chi connectivity index (χ2v) is 5.69. The Morgan fingerprint density at radius 3 is 2.78 bits per heavy atom. The largest absolute Gasteiger partial charge is 0.490 e. The van der Waals surface area contributed by atoms with Crippen LogP contribution in [0.3, 0.4) is 0 Å². The van der Waals surface area contributed by atoms with Gasteiger partial charge in [-0.2, -0.15) is 13.9 Å². The quantitative estimate of drug-likeness (QED) is 0.516. The Morgan fingerprint density at radius 1 is 1.33 bits per heavy atom. The van der Waals surface area contributed by atoms with Crippen LogP contribution in [-0.4, -0.2) is 42.6 Å². The number of ether oxygens (including phenoxy) is 2. The molecule has 0 amide bonds. The number of nitrogens with zero attached hydrogens (tertiary/aromatic N) is 3. The molecule has 0 aliphatic rings. The van der Waals surface area contributed by atoms with Crippen LogP contribution < -0.4 is 20.1 Å². The zero-order valence-electron chi connectivity index (χ0n) is 15.7. The van der Waals surface area contributed by atoms with Crippen LogP contribution in [-0.2, 0) is 13.1 Å². The highest BCUT2D eigenvalue weighted by atomic mass is 19.3. The third-order valence-corrected chi connectivity index (χ3v) is 3.63. The van der Waals surface area contributed by atoms with Gasteiger partial charge in [0, 0.05) is 31.9 Å². The Morgan fingerprint density at radius 2 is 2.15 bits per heavy atom. The van der Waals surface area contributed by atoms with E-state index in [4.69, 9.17) is 4.74 Å². The lowest BCUT2D eigenvalue weighted by Crippen LogP contribution is -2.38. The van der Waals surface area contributed by atoms with Gasteiger partial charge in [-0.25, -0.2) is 0 Å². The summed E-state index contributed by atoms with van der Waals surface area (Å²) in [4.78, 5) is 4.13. The maximum Gasteiger partial charge on any atom is 0.387 e. The van der Waals surface area contributed by atoms with Gasteiger partial charge in [0.1, 0.15) is 0 Å². The van der Waals surface area contributed by atoms with Gasteiger partial charge >= 0.3 is 6.61 Å². The Labute approximate surface area is 157 Å². The number of hydrogen-bond acceptors (Lipinski definition) is 4. The van der Waals surface area contributed by atoms with Crippen LogP contribution in [0.5, 0.6) is 11.5 Å². The van der Waals surface area contributed by atoms with Gasteiger partial charge in [0.25, 0.3) is 0 Å². The monoisotopic (exact) mass is 381 g/mol. The molecule has 27 heavy (non-hydrogen) atoms. The fraction of sp³-hybridized carbons (Fsp3) is 0.444. The van der Waals surface area contributed by atoms with Crippen molar-refractivity contribution in [1.29, 1.82) is 0 Å². The number of guanidine groups is 1.